The SMILES string of the molecule is CC(=O)NC1CCN(C(=O)c2oc3ccccc3c2CSc2nc(C)cs2)CC1. The Balaban J connectivity index is 1.54. The van der Waals surface area contributed by atoms with E-state index in [1.54, 1.807) is 23.1 Å². The van der Waals surface area contributed by atoms with E-state index in [1.165, 1.54) is 6.92 Å². The highest BCUT2D eigenvalue weighted by atomic mass is 32.2. The van der Waals surface area contributed by atoms with E-state index < -0.39 is 0 Å². The molecule has 0 saturated carbocycles. The van der Waals surface area contributed by atoms with Crippen molar-refractivity contribution in [2.24, 2.45) is 0 Å². The maximum absolute atomic E-state index is 13.3. The molecule has 29 heavy (non-hydrogen) atoms. The second-order valence-electron chi connectivity index (χ2n) is 7.22. The van der Waals surface area contributed by atoms with Crippen molar-refractivity contribution in [2.45, 2.75) is 42.8 Å². The summed E-state index contributed by atoms with van der Waals surface area (Å²) in [5, 5.41) is 5.95. The number of piperidine rings is 1. The fourth-order valence-corrected chi connectivity index (χ4v) is 5.48. The van der Waals surface area contributed by atoms with Gasteiger partial charge in [-0.2, -0.15) is 0 Å². The highest BCUT2D eigenvalue weighted by Crippen LogP contribution is 2.34. The number of rotatable bonds is 5. The van der Waals surface area contributed by atoms with Gasteiger partial charge in [-0.05, 0) is 25.8 Å². The lowest BCUT2D eigenvalue weighted by Gasteiger charge is -2.31. The summed E-state index contributed by atoms with van der Waals surface area (Å²) in [7, 11) is 0. The van der Waals surface area contributed by atoms with Crippen molar-refractivity contribution >= 4 is 45.9 Å². The Morgan fingerprint density at radius 1 is 1.31 bits per heavy atom. The van der Waals surface area contributed by atoms with Gasteiger partial charge in [-0.15, -0.1) is 11.3 Å². The minimum Gasteiger partial charge on any atom is -0.451 e. The third-order valence-electron chi connectivity index (χ3n) is 5.02. The smallest absolute Gasteiger partial charge is 0.289 e. The van der Waals surface area contributed by atoms with Crippen LogP contribution >= 0.6 is 23.1 Å². The Morgan fingerprint density at radius 2 is 2.07 bits per heavy atom. The summed E-state index contributed by atoms with van der Waals surface area (Å²) in [6.07, 6.45) is 1.52. The fraction of sp³-hybridized carbons (Fsp3) is 0.381. The number of benzene rings is 1. The number of likely N-dealkylation sites (tertiary alicyclic amines) is 1. The molecule has 1 aromatic carbocycles. The molecule has 4 rings (SSSR count). The van der Waals surface area contributed by atoms with Crippen molar-refractivity contribution in [1.29, 1.82) is 0 Å². The van der Waals surface area contributed by atoms with Crippen molar-refractivity contribution in [2.75, 3.05) is 13.1 Å². The molecule has 8 heteroatoms. The zero-order valence-electron chi connectivity index (χ0n) is 16.4. The first-order valence-corrected chi connectivity index (χ1v) is 11.5. The summed E-state index contributed by atoms with van der Waals surface area (Å²) in [5.74, 6) is 0.954. The molecule has 2 aromatic heterocycles. The number of hydrogen-bond acceptors (Lipinski definition) is 6. The second-order valence-corrected chi connectivity index (χ2v) is 9.30. The first-order chi connectivity index (χ1) is 14.0. The molecule has 6 nitrogen and oxygen atoms in total. The maximum Gasteiger partial charge on any atom is 0.289 e. The van der Waals surface area contributed by atoms with Crippen LogP contribution in [0.1, 0.15) is 41.6 Å². The first kappa shape index (κ1) is 20.0. The molecule has 152 valence electrons. The van der Waals surface area contributed by atoms with Crippen molar-refractivity contribution in [3.63, 3.8) is 0 Å². The van der Waals surface area contributed by atoms with Crippen LogP contribution in [0.25, 0.3) is 11.0 Å². The lowest BCUT2D eigenvalue weighted by Crippen LogP contribution is -2.46. The van der Waals surface area contributed by atoms with Gasteiger partial charge in [0.25, 0.3) is 5.91 Å². The monoisotopic (exact) mass is 429 g/mol. The van der Waals surface area contributed by atoms with Gasteiger partial charge in [0.2, 0.25) is 5.91 Å². The average molecular weight is 430 g/mol. The molecule has 0 aliphatic carbocycles. The quantitative estimate of drug-likeness (QED) is 0.614. The van der Waals surface area contributed by atoms with Crippen molar-refractivity contribution in [3.8, 4) is 0 Å². The standard InChI is InChI=1S/C21H23N3O3S2/c1-13-11-28-21(22-13)29-12-17-16-5-3-4-6-18(16)27-19(17)20(26)24-9-7-15(8-10-24)23-14(2)25/h3-6,11,15H,7-10,12H2,1-2H3,(H,23,25). The van der Waals surface area contributed by atoms with Gasteiger partial charge in [0, 0.05) is 53.8 Å². The maximum atomic E-state index is 13.3. The van der Waals surface area contributed by atoms with Gasteiger partial charge in [-0.25, -0.2) is 4.98 Å². The van der Waals surface area contributed by atoms with Crippen LogP contribution in [0.4, 0.5) is 0 Å². The predicted octanol–water partition coefficient (Wildman–Crippen LogP) is 4.23. The number of furan rings is 1. The summed E-state index contributed by atoms with van der Waals surface area (Å²) in [4.78, 5) is 30.9. The summed E-state index contributed by atoms with van der Waals surface area (Å²) in [5.41, 5.74) is 2.66. The number of carbonyl (C=O) groups is 2. The molecule has 0 spiro atoms. The Hall–Kier alpha value is -2.32. The molecule has 0 radical (unpaired) electrons. The largest absolute Gasteiger partial charge is 0.451 e. The molecule has 1 fully saturated rings. The molecular formula is C21H23N3O3S2. The van der Waals surface area contributed by atoms with Gasteiger partial charge in [-0.3, -0.25) is 9.59 Å². The van der Waals surface area contributed by atoms with Crippen LogP contribution in [-0.2, 0) is 10.5 Å². The molecule has 0 bridgehead atoms. The number of para-hydroxylation sites is 1. The van der Waals surface area contributed by atoms with Gasteiger partial charge >= 0.3 is 0 Å². The summed E-state index contributed by atoms with van der Waals surface area (Å²) >= 11 is 3.24. The third-order valence-corrected chi connectivity index (χ3v) is 7.19. The Bertz CT molecular complexity index is 1030. The van der Waals surface area contributed by atoms with Gasteiger partial charge in [0.15, 0.2) is 5.76 Å². The lowest BCUT2D eigenvalue weighted by atomic mass is 10.0. The van der Waals surface area contributed by atoms with Gasteiger partial charge in [0.1, 0.15) is 9.92 Å². The van der Waals surface area contributed by atoms with Crippen molar-refractivity contribution in [1.82, 2.24) is 15.2 Å². The number of hydrogen-bond donors (Lipinski definition) is 1. The zero-order valence-corrected chi connectivity index (χ0v) is 18.1. The number of fused-ring (bicyclic) bond motifs is 1. The van der Waals surface area contributed by atoms with Crippen molar-refractivity contribution in [3.05, 3.63) is 46.7 Å². The van der Waals surface area contributed by atoms with E-state index >= 15 is 0 Å². The summed E-state index contributed by atoms with van der Waals surface area (Å²) in [6.45, 7) is 4.73. The third kappa shape index (κ3) is 4.48. The molecule has 0 unspecified atom stereocenters. The molecule has 1 saturated heterocycles. The number of thiazole rings is 1. The Morgan fingerprint density at radius 3 is 2.76 bits per heavy atom. The van der Waals surface area contributed by atoms with Gasteiger partial charge in [0.05, 0.1) is 0 Å². The van der Waals surface area contributed by atoms with E-state index in [9.17, 15) is 9.59 Å². The van der Waals surface area contributed by atoms with Crippen LogP contribution in [0.2, 0.25) is 0 Å². The second kappa shape index (κ2) is 8.59. The van der Waals surface area contributed by atoms with Crippen LogP contribution in [0.5, 0.6) is 0 Å². The van der Waals surface area contributed by atoms with Gasteiger partial charge < -0.3 is 14.6 Å². The average Bonchev–Trinajstić information content (AvgIpc) is 3.29. The number of carbonyl (C=O) groups excluding carboxylic acids is 2. The lowest BCUT2D eigenvalue weighted by molar-refractivity contribution is -0.119. The highest BCUT2D eigenvalue weighted by Gasteiger charge is 2.29. The van der Waals surface area contributed by atoms with E-state index in [0.29, 0.717) is 24.6 Å². The van der Waals surface area contributed by atoms with E-state index in [0.717, 1.165) is 39.4 Å². The number of aromatic nitrogens is 1. The predicted molar refractivity (Wildman–Crippen MR) is 115 cm³/mol. The molecule has 0 atom stereocenters. The molecule has 3 aromatic rings. The number of aryl methyl sites for hydroxylation is 1. The van der Waals surface area contributed by atoms with Crippen LogP contribution in [0.3, 0.4) is 0 Å². The van der Waals surface area contributed by atoms with E-state index in [2.05, 4.69) is 10.3 Å². The molecule has 1 aliphatic rings. The normalized spacial score (nSPS) is 15.0. The molecule has 2 amide bonds. The Labute approximate surface area is 177 Å². The topological polar surface area (TPSA) is 75.4 Å². The first-order valence-electron chi connectivity index (χ1n) is 9.63. The zero-order chi connectivity index (χ0) is 20.4. The van der Waals surface area contributed by atoms with Crippen molar-refractivity contribution < 1.29 is 14.0 Å². The molecular weight excluding hydrogens is 406 g/mol. The summed E-state index contributed by atoms with van der Waals surface area (Å²) < 4.78 is 7.00. The Kier molecular flexibility index (Phi) is 5.91. The van der Waals surface area contributed by atoms with E-state index in [1.807, 2.05) is 41.5 Å². The molecule has 1 aliphatic heterocycles. The fourth-order valence-electron chi connectivity index (χ4n) is 3.61. The number of thioether (sulfide) groups is 1. The number of nitrogens with one attached hydrogen (secondary N) is 1. The van der Waals surface area contributed by atoms with Crippen LogP contribution in [0.15, 0.2) is 38.4 Å². The summed E-state index contributed by atoms with van der Waals surface area (Å²) in [6, 6.07) is 7.92. The number of nitrogens with zero attached hydrogens (tertiary/aromatic N) is 2. The minimum absolute atomic E-state index is 0.0243. The van der Waals surface area contributed by atoms with Crippen LogP contribution < -0.4 is 5.32 Å². The van der Waals surface area contributed by atoms with Crippen LogP contribution in [-0.4, -0.2) is 40.8 Å². The van der Waals surface area contributed by atoms with E-state index in [4.69, 9.17) is 4.42 Å². The van der Waals surface area contributed by atoms with Crippen LogP contribution in [0, 0.1) is 6.92 Å². The van der Waals surface area contributed by atoms with E-state index in [-0.39, 0.29) is 17.9 Å². The highest BCUT2D eigenvalue weighted by molar-refractivity contribution is 8.00. The molecule has 3 heterocycles. The number of amides is 2. The molecule has 1 N–H and O–H groups in total. The minimum atomic E-state index is -0.0756. The van der Waals surface area contributed by atoms with Gasteiger partial charge in [-0.1, -0.05) is 30.0 Å².